The van der Waals surface area contributed by atoms with Crippen molar-refractivity contribution in [3.8, 4) is 0 Å². The summed E-state index contributed by atoms with van der Waals surface area (Å²) in [6, 6.07) is 10.7. The molecule has 0 saturated carbocycles. The summed E-state index contributed by atoms with van der Waals surface area (Å²) >= 11 is 0. The van der Waals surface area contributed by atoms with Crippen molar-refractivity contribution >= 4 is 0 Å². The Morgan fingerprint density at radius 2 is 1.88 bits per heavy atom. The van der Waals surface area contributed by atoms with E-state index in [4.69, 9.17) is 5.73 Å². The topological polar surface area (TPSA) is 38.0 Å². The van der Waals surface area contributed by atoms with E-state index < -0.39 is 0 Å². The van der Waals surface area contributed by atoms with Crippen LogP contribution in [0.3, 0.4) is 0 Å². The summed E-state index contributed by atoms with van der Waals surface area (Å²) in [5, 5.41) is 3.42. The Kier molecular flexibility index (Phi) is 4.37. The van der Waals surface area contributed by atoms with Gasteiger partial charge in [-0.2, -0.15) is 0 Å². The van der Waals surface area contributed by atoms with E-state index >= 15 is 0 Å². The molecule has 3 N–H and O–H groups in total. The number of nitrogens with two attached hydrogens (primary N) is 1. The molecule has 0 spiro atoms. The van der Waals surface area contributed by atoms with Crippen molar-refractivity contribution in [2.75, 3.05) is 19.6 Å². The predicted octanol–water partition coefficient (Wildman–Crippen LogP) is 1.80. The summed E-state index contributed by atoms with van der Waals surface area (Å²) in [5.74, 6) is 1.47. The third-order valence-electron chi connectivity index (χ3n) is 3.69. The zero-order valence-electron chi connectivity index (χ0n) is 9.86. The first-order valence-corrected chi connectivity index (χ1v) is 6.35. The van der Waals surface area contributed by atoms with Gasteiger partial charge in [-0.05, 0) is 56.3 Å². The van der Waals surface area contributed by atoms with Crippen LogP contribution >= 0.6 is 0 Å². The molecule has 0 bridgehead atoms. The van der Waals surface area contributed by atoms with E-state index in [2.05, 4.69) is 35.6 Å². The number of hydrogen-bond acceptors (Lipinski definition) is 2. The summed E-state index contributed by atoms with van der Waals surface area (Å²) in [4.78, 5) is 0. The van der Waals surface area contributed by atoms with Crippen LogP contribution in [0.1, 0.15) is 18.4 Å². The third kappa shape index (κ3) is 3.06. The molecule has 0 radical (unpaired) electrons. The van der Waals surface area contributed by atoms with Crippen molar-refractivity contribution in [3.63, 3.8) is 0 Å². The molecule has 1 aliphatic heterocycles. The lowest BCUT2D eigenvalue weighted by molar-refractivity contribution is 0.262. The SMILES string of the molecule is NC[C@@H](Cc1ccccc1)C1CCNCC1. The lowest BCUT2D eigenvalue weighted by Gasteiger charge is -2.30. The molecule has 16 heavy (non-hydrogen) atoms. The predicted molar refractivity (Wildman–Crippen MR) is 68.3 cm³/mol. The van der Waals surface area contributed by atoms with Crippen LogP contribution in [0.2, 0.25) is 0 Å². The molecule has 0 unspecified atom stereocenters. The van der Waals surface area contributed by atoms with Gasteiger partial charge in [-0.1, -0.05) is 30.3 Å². The van der Waals surface area contributed by atoms with E-state index in [-0.39, 0.29) is 0 Å². The van der Waals surface area contributed by atoms with Gasteiger partial charge in [-0.3, -0.25) is 0 Å². The van der Waals surface area contributed by atoms with Crippen LogP contribution in [-0.4, -0.2) is 19.6 Å². The largest absolute Gasteiger partial charge is 0.330 e. The fourth-order valence-electron chi connectivity index (χ4n) is 2.67. The van der Waals surface area contributed by atoms with Crippen molar-refractivity contribution in [2.45, 2.75) is 19.3 Å². The van der Waals surface area contributed by atoms with Gasteiger partial charge in [0.1, 0.15) is 0 Å². The number of hydrogen-bond donors (Lipinski definition) is 2. The summed E-state index contributed by atoms with van der Waals surface area (Å²) in [6.45, 7) is 3.14. The second kappa shape index (κ2) is 6.02. The zero-order chi connectivity index (χ0) is 11.2. The van der Waals surface area contributed by atoms with Crippen LogP contribution in [-0.2, 0) is 6.42 Å². The minimum absolute atomic E-state index is 0.657. The van der Waals surface area contributed by atoms with Crippen LogP contribution in [0.15, 0.2) is 30.3 Å². The standard InChI is InChI=1S/C14H22N2/c15-11-14(13-6-8-16-9-7-13)10-12-4-2-1-3-5-12/h1-5,13-14,16H,6-11,15H2/t14-/m1/s1. The Morgan fingerprint density at radius 1 is 1.19 bits per heavy atom. The van der Waals surface area contributed by atoms with E-state index in [9.17, 15) is 0 Å². The van der Waals surface area contributed by atoms with Gasteiger partial charge >= 0.3 is 0 Å². The fourth-order valence-corrected chi connectivity index (χ4v) is 2.67. The van der Waals surface area contributed by atoms with Crippen molar-refractivity contribution in [1.29, 1.82) is 0 Å². The van der Waals surface area contributed by atoms with Crippen molar-refractivity contribution in [3.05, 3.63) is 35.9 Å². The Bertz CT molecular complexity index is 291. The summed E-state index contributed by atoms with van der Waals surface area (Å²) < 4.78 is 0. The molecule has 1 heterocycles. The average Bonchev–Trinajstić information content (AvgIpc) is 2.38. The maximum atomic E-state index is 5.93. The molecule has 1 fully saturated rings. The first kappa shape index (κ1) is 11.6. The highest BCUT2D eigenvalue weighted by atomic mass is 14.9. The molecule has 0 amide bonds. The second-order valence-corrected chi connectivity index (χ2v) is 4.77. The molecule has 1 aliphatic rings. The quantitative estimate of drug-likeness (QED) is 0.809. The summed E-state index contributed by atoms with van der Waals surface area (Å²) in [6.07, 6.45) is 3.71. The number of nitrogens with one attached hydrogen (secondary N) is 1. The van der Waals surface area contributed by atoms with Gasteiger partial charge in [0, 0.05) is 0 Å². The minimum atomic E-state index is 0.657. The van der Waals surface area contributed by atoms with E-state index in [1.165, 1.54) is 18.4 Å². The molecule has 1 aromatic rings. The second-order valence-electron chi connectivity index (χ2n) is 4.77. The average molecular weight is 218 g/mol. The molecule has 1 atom stereocenters. The smallest absolute Gasteiger partial charge is 0.00430 e. The first-order chi connectivity index (χ1) is 7.90. The Hall–Kier alpha value is -0.860. The van der Waals surface area contributed by atoms with Gasteiger partial charge < -0.3 is 11.1 Å². The summed E-state index contributed by atoms with van der Waals surface area (Å²) in [5.41, 5.74) is 7.36. The molecule has 2 nitrogen and oxygen atoms in total. The van der Waals surface area contributed by atoms with Crippen LogP contribution in [0.5, 0.6) is 0 Å². The Labute approximate surface area is 98.2 Å². The highest BCUT2D eigenvalue weighted by molar-refractivity contribution is 5.15. The number of benzene rings is 1. The lowest BCUT2D eigenvalue weighted by atomic mass is 9.81. The monoisotopic (exact) mass is 218 g/mol. The van der Waals surface area contributed by atoms with Gasteiger partial charge in [0.15, 0.2) is 0 Å². The first-order valence-electron chi connectivity index (χ1n) is 6.35. The number of piperidine rings is 1. The molecular formula is C14H22N2. The fraction of sp³-hybridized carbons (Fsp3) is 0.571. The van der Waals surface area contributed by atoms with Gasteiger partial charge in [-0.15, -0.1) is 0 Å². The maximum Gasteiger partial charge on any atom is -0.00430 e. The van der Waals surface area contributed by atoms with Crippen molar-refractivity contribution in [2.24, 2.45) is 17.6 Å². The molecular weight excluding hydrogens is 196 g/mol. The van der Waals surface area contributed by atoms with Crippen LogP contribution in [0.4, 0.5) is 0 Å². The Balaban J connectivity index is 1.94. The minimum Gasteiger partial charge on any atom is -0.330 e. The van der Waals surface area contributed by atoms with Crippen LogP contribution in [0.25, 0.3) is 0 Å². The van der Waals surface area contributed by atoms with Crippen molar-refractivity contribution in [1.82, 2.24) is 5.32 Å². The van der Waals surface area contributed by atoms with Gasteiger partial charge in [-0.25, -0.2) is 0 Å². The Morgan fingerprint density at radius 3 is 2.50 bits per heavy atom. The molecule has 2 rings (SSSR count). The maximum absolute atomic E-state index is 5.93. The van der Waals surface area contributed by atoms with Crippen LogP contribution < -0.4 is 11.1 Å². The van der Waals surface area contributed by atoms with Gasteiger partial charge in [0.2, 0.25) is 0 Å². The zero-order valence-corrected chi connectivity index (χ0v) is 9.86. The van der Waals surface area contributed by atoms with E-state index in [0.29, 0.717) is 5.92 Å². The normalized spacial score (nSPS) is 19.6. The van der Waals surface area contributed by atoms with Gasteiger partial charge in [0.25, 0.3) is 0 Å². The highest BCUT2D eigenvalue weighted by Crippen LogP contribution is 2.24. The molecule has 0 aliphatic carbocycles. The highest BCUT2D eigenvalue weighted by Gasteiger charge is 2.22. The van der Waals surface area contributed by atoms with E-state index in [1.54, 1.807) is 0 Å². The molecule has 0 aromatic heterocycles. The third-order valence-corrected chi connectivity index (χ3v) is 3.69. The molecule has 1 saturated heterocycles. The number of rotatable bonds is 4. The van der Waals surface area contributed by atoms with E-state index in [1.807, 2.05) is 0 Å². The van der Waals surface area contributed by atoms with Gasteiger partial charge in [0.05, 0.1) is 0 Å². The van der Waals surface area contributed by atoms with Crippen LogP contribution in [0, 0.1) is 11.8 Å². The molecule has 1 aromatic carbocycles. The van der Waals surface area contributed by atoms with Crippen molar-refractivity contribution < 1.29 is 0 Å². The summed E-state index contributed by atoms with van der Waals surface area (Å²) in [7, 11) is 0. The van der Waals surface area contributed by atoms with E-state index in [0.717, 1.165) is 32.0 Å². The molecule has 88 valence electrons. The molecule has 2 heteroatoms. The lowest BCUT2D eigenvalue weighted by Crippen LogP contribution is -2.35.